The molecule has 1 aromatic rings. The largest absolute Gasteiger partial charge is 0.414 e. The fourth-order valence-corrected chi connectivity index (χ4v) is 1.14. The van der Waals surface area contributed by atoms with Gasteiger partial charge in [0.05, 0.1) is 0 Å². The van der Waals surface area contributed by atoms with E-state index in [4.69, 9.17) is 9.84 Å². The van der Waals surface area contributed by atoms with Crippen LogP contribution in [-0.4, -0.2) is 17.9 Å². The highest BCUT2D eigenvalue weighted by molar-refractivity contribution is 5.70. The Bertz CT molecular complexity index is 336. The summed E-state index contributed by atoms with van der Waals surface area (Å²) in [7, 11) is 0. The number of rotatable bonds is 3. The van der Waals surface area contributed by atoms with Gasteiger partial charge in [-0.3, -0.25) is 5.32 Å². The molecular weight excluding hydrogens is 194 g/mol. The fraction of sp³-hybridized carbons (Fsp3) is 0.364. The molecule has 0 aliphatic rings. The minimum absolute atomic E-state index is 0.384. The van der Waals surface area contributed by atoms with Crippen LogP contribution in [0.15, 0.2) is 24.3 Å². The summed E-state index contributed by atoms with van der Waals surface area (Å²) in [6.07, 6.45) is -0.654. The van der Waals surface area contributed by atoms with Crippen molar-refractivity contribution in [1.82, 2.24) is 5.32 Å². The van der Waals surface area contributed by atoms with Gasteiger partial charge in [-0.05, 0) is 23.6 Å². The number of carbonyl (C=O) groups is 1. The fourth-order valence-electron chi connectivity index (χ4n) is 1.14. The van der Waals surface area contributed by atoms with E-state index in [1.807, 2.05) is 18.2 Å². The van der Waals surface area contributed by atoms with Crippen molar-refractivity contribution in [3.8, 4) is 5.75 Å². The highest BCUT2D eigenvalue weighted by atomic mass is 16.6. The third kappa shape index (κ3) is 3.59. The SMILES string of the molecule is CC(C)c1cccc(OC(=O)NCO)c1. The molecule has 0 aliphatic carbocycles. The highest BCUT2D eigenvalue weighted by Crippen LogP contribution is 2.19. The smallest absolute Gasteiger partial charge is 0.410 e. The summed E-state index contributed by atoms with van der Waals surface area (Å²) in [5.74, 6) is 0.863. The van der Waals surface area contributed by atoms with Crippen molar-refractivity contribution >= 4 is 6.09 Å². The van der Waals surface area contributed by atoms with Gasteiger partial charge >= 0.3 is 6.09 Å². The second-order valence-corrected chi connectivity index (χ2v) is 3.45. The molecule has 1 rings (SSSR count). The van der Waals surface area contributed by atoms with Crippen molar-refractivity contribution in [2.45, 2.75) is 19.8 Å². The summed E-state index contributed by atoms with van der Waals surface area (Å²) < 4.78 is 4.94. The zero-order valence-corrected chi connectivity index (χ0v) is 8.86. The lowest BCUT2D eigenvalue weighted by atomic mass is 10.0. The maximum atomic E-state index is 11.0. The Hall–Kier alpha value is -1.55. The number of ether oxygens (including phenoxy) is 1. The maximum absolute atomic E-state index is 11.0. The molecule has 0 aromatic heterocycles. The van der Waals surface area contributed by atoms with Gasteiger partial charge < -0.3 is 9.84 Å². The number of hydrogen-bond donors (Lipinski definition) is 2. The molecule has 4 nitrogen and oxygen atoms in total. The Kier molecular flexibility index (Phi) is 4.12. The zero-order valence-electron chi connectivity index (χ0n) is 8.86. The molecule has 0 fully saturated rings. The third-order valence-electron chi connectivity index (χ3n) is 1.96. The molecular formula is C11H15NO3. The van der Waals surface area contributed by atoms with Crippen molar-refractivity contribution in [3.05, 3.63) is 29.8 Å². The summed E-state index contributed by atoms with van der Waals surface area (Å²) in [4.78, 5) is 11.0. The first-order chi connectivity index (χ1) is 7.13. The van der Waals surface area contributed by atoms with Gasteiger partial charge in [0.1, 0.15) is 12.5 Å². The molecule has 0 bridgehead atoms. The molecule has 0 heterocycles. The molecule has 0 spiro atoms. The number of nitrogens with one attached hydrogen (secondary N) is 1. The summed E-state index contributed by atoms with van der Waals surface area (Å²) in [5, 5.41) is 10.6. The predicted molar refractivity (Wildman–Crippen MR) is 56.8 cm³/mol. The number of benzene rings is 1. The molecule has 0 atom stereocenters. The van der Waals surface area contributed by atoms with Crippen LogP contribution in [0.1, 0.15) is 25.3 Å². The molecule has 82 valence electrons. The number of aliphatic hydroxyl groups is 1. The zero-order chi connectivity index (χ0) is 11.3. The first-order valence-corrected chi connectivity index (χ1v) is 4.80. The minimum atomic E-state index is -0.654. The molecule has 0 aliphatic heterocycles. The van der Waals surface area contributed by atoms with E-state index in [1.54, 1.807) is 6.07 Å². The predicted octanol–water partition coefficient (Wildman–Crippen LogP) is 1.85. The second-order valence-electron chi connectivity index (χ2n) is 3.45. The van der Waals surface area contributed by atoms with E-state index in [1.165, 1.54) is 0 Å². The molecule has 0 radical (unpaired) electrons. The molecule has 0 saturated heterocycles. The van der Waals surface area contributed by atoms with Gasteiger partial charge in [0, 0.05) is 0 Å². The maximum Gasteiger partial charge on any atom is 0.414 e. The summed E-state index contributed by atoms with van der Waals surface area (Å²) in [6, 6.07) is 7.31. The Balaban J connectivity index is 2.69. The normalized spacial score (nSPS) is 10.1. The van der Waals surface area contributed by atoms with Crippen LogP contribution in [-0.2, 0) is 0 Å². The Labute approximate surface area is 88.9 Å². The Morgan fingerprint density at radius 3 is 2.87 bits per heavy atom. The Morgan fingerprint density at radius 1 is 1.53 bits per heavy atom. The average molecular weight is 209 g/mol. The minimum Gasteiger partial charge on any atom is -0.410 e. The monoisotopic (exact) mass is 209 g/mol. The molecule has 4 heteroatoms. The lowest BCUT2D eigenvalue weighted by Gasteiger charge is -2.08. The van der Waals surface area contributed by atoms with Crippen LogP contribution in [0.2, 0.25) is 0 Å². The standard InChI is InChI=1S/C11H15NO3/c1-8(2)9-4-3-5-10(6-9)15-11(14)12-7-13/h3-6,8,13H,7H2,1-2H3,(H,12,14). The highest BCUT2D eigenvalue weighted by Gasteiger charge is 2.04. The number of aliphatic hydroxyl groups excluding tert-OH is 1. The van der Waals surface area contributed by atoms with Gasteiger partial charge in [0.15, 0.2) is 0 Å². The quantitative estimate of drug-likeness (QED) is 0.747. The van der Waals surface area contributed by atoms with Gasteiger partial charge in [-0.15, -0.1) is 0 Å². The molecule has 1 aromatic carbocycles. The topological polar surface area (TPSA) is 58.6 Å². The van der Waals surface area contributed by atoms with Gasteiger partial charge in [0.2, 0.25) is 0 Å². The van der Waals surface area contributed by atoms with Crippen LogP contribution in [0.3, 0.4) is 0 Å². The van der Waals surface area contributed by atoms with E-state index >= 15 is 0 Å². The number of amides is 1. The van der Waals surface area contributed by atoms with Crippen LogP contribution in [0, 0.1) is 0 Å². The van der Waals surface area contributed by atoms with Crippen molar-refractivity contribution < 1.29 is 14.6 Å². The van der Waals surface area contributed by atoms with Crippen molar-refractivity contribution in [3.63, 3.8) is 0 Å². The first-order valence-electron chi connectivity index (χ1n) is 4.80. The van der Waals surface area contributed by atoms with Crippen LogP contribution < -0.4 is 10.1 Å². The molecule has 2 N–H and O–H groups in total. The summed E-state index contributed by atoms with van der Waals surface area (Å²) in [6.45, 7) is 3.70. The van der Waals surface area contributed by atoms with Gasteiger partial charge in [-0.1, -0.05) is 26.0 Å². The van der Waals surface area contributed by atoms with E-state index in [0.717, 1.165) is 5.56 Å². The van der Waals surface area contributed by atoms with Crippen LogP contribution in [0.25, 0.3) is 0 Å². The van der Waals surface area contributed by atoms with E-state index in [9.17, 15) is 4.79 Å². The molecule has 0 saturated carbocycles. The van der Waals surface area contributed by atoms with E-state index in [-0.39, 0.29) is 0 Å². The van der Waals surface area contributed by atoms with E-state index < -0.39 is 12.8 Å². The second kappa shape index (κ2) is 5.36. The lowest BCUT2D eigenvalue weighted by Crippen LogP contribution is -2.27. The van der Waals surface area contributed by atoms with Crippen LogP contribution >= 0.6 is 0 Å². The van der Waals surface area contributed by atoms with Gasteiger partial charge in [0.25, 0.3) is 0 Å². The van der Waals surface area contributed by atoms with E-state index in [0.29, 0.717) is 11.7 Å². The molecule has 15 heavy (non-hydrogen) atoms. The molecule has 0 unspecified atom stereocenters. The van der Waals surface area contributed by atoms with E-state index in [2.05, 4.69) is 19.2 Å². The van der Waals surface area contributed by atoms with Crippen molar-refractivity contribution in [1.29, 1.82) is 0 Å². The lowest BCUT2D eigenvalue weighted by molar-refractivity contribution is 0.181. The first kappa shape index (κ1) is 11.5. The average Bonchev–Trinajstić information content (AvgIpc) is 2.18. The van der Waals surface area contributed by atoms with Crippen molar-refractivity contribution in [2.24, 2.45) is 0 Å². The third-order valence-corrected chi connectivity index (χ3v) is 1.96. The van der Waals surface area contributed by atoms with Gasteiger partial charge in [-0.2, -0.15) is 0 Å². The van der Waals surface area contributed by atoms with Crippen LogP contribution in [0.5, 0.6) is 5.75 Å². The number of hydrogen-bond acceptors (Lipinski definition) is 3. The summed E-state index contributed by atoms with van der Waals surface area (Å²) >= 11 is 0. The number of carbonyl (C=O) groups excluding carboxylic acids is 1. The molecule has 1 amide bonds. The summed E-state index contributed by atoms with van der Waals surface area (Å²) in [5.41, 5.74) is 1.10. The van der Waals surface area contributed by atoms with Crippen LogP contribution in [0.4, 0.5) is 4.79 Å². The van der Waals surface area contributed by atoms with Crippen molar-refractivity contribution in [2.75, 3.05) is 6.73 Å². The van der Waals surface area contributed by atoms with Gasteiger partial charge in [-0.25, -0.2) is 4.79 Å². The Morgan fingerprint density at radius 2 is 2.27 bits per heavy atom.